The summed E-state index contributed by atoms with van der Waals surface area (Å²) in [5.41, 5.74) is 3.13. The first-order valence-electron chi connectivity index (χ1n) is 9.56. The number of hydrogen-bond acceptors (Lipinski definition) is 5. The predicted octanol–water partition coefficient (Wildman–Crippen LogP) is 4.14. The molecule has 0 aliphatic carbocycles. The van der Waals surface area contributed by atoms with Crippen molar-refractivity contribution in [1.29, 1.82) is 0 Å². The van der Waals surface area contributed by atoms with Crippen molar-refractivity contribution in [3.05, 3.63) is 63.8 Å². The fourth-order valence-corrected chi connectivity index (χ4v) is 4.31. The number of H-pyrrole nitrogens is 1. The third-order valence-corrected chi connectivity index (χ3v) is 5.75. The minimum atomic E-state index is -0.412. The third-order valence-electron chi connectivity index (χ3n) is 5.26. The van der Waals surface area contributed by atoms with Gasteiger partial charge in [0.25, 0.3) is 5.91 Å². The van der Waals surface area contributed by atoms with E-state index < -0.39 is 6.04 Å². The largest absolute Gasteiger partial charge is 0.507 e. The molecule has 3 aromatic rings. The Morgan fingerprint density at radius 2 is 2.03 bits per heavy atom. The number of carbonyl (C=O) groups excluding carboxylic acids is 1. The molecule has 0 saturated carbocycles. The predicted molar refractivity (Wildman–Crippen MR) is 116 cm³/mol. The number of phenolic OH excluding ortho intramolecular Hbond substituents is 1. The van der Waals surface area contributed by atoms with Gasteiger partial charge in [0, 0.05) is 41.4 Å². The van der Waals surface area contributed by atoms with E-state index in [2.05, 4.69) is 26.1 Å². The van der Waals surface area contributed by atoms with E-state index in [0.717, 1.165) is 15.6 Å². The van der Waals surface area contributed by atoms with E-state index in [1.165, 1.54) is 0 Å². The first kappa shape index (κ1) is 20.4. The SMILES string of the molecule is COCCCN1C(=O)c2[nH]nc(-c3ccccc3O)c2C1c1cc(Br)ccc1OC. The highest BCUT2D eigenvalue weighted by Gasteiger charge is 2.43. The Balaban J connectivity index is 1.90. The summed E-state index contributed by atoms with van der Waals surface area (Å²) < 4.78 is 11.7. The van der Waals surface area contributed by atoms with Gasteiger partial charge in [-0.25, -0.2) is 0 Å². The molecule has 0 saturated heterocycles. The minimum Gasteiger partial charge on any atom is -0.507 e. The van der Waals surface area contributed by atoms with E-state index >= 15 is 0 Å². The zero-order valence-electron chi connectivity index (χ0n) is 16.7. The molecule has 0 bridgehead atoms. The van der Waals surface area contributed by atoms with Crippen molar-refractivity contribution in [2.45, 2.75) is 12.5 Å². The highest BCUT2D eigenvalue weighted by Crippen LogP contribution is 2.47. The van der Waals surface area contributed by atoms with E-state index in [1.54, 1.807) is 37.3 Å². The number of rotatable bonds is 7. The Morgan fingerprint density at radius 3 is 2.77 bits per heavy atom. The molecular weight excluding hydrogens is 450 g/mol. The molecule has 1 aliphatic rings. The zero-order valence-corrected chi connectivity index (χ0v) is 18.3. The monoisotopic (exact) mass is 471 g/mol. The molecule has 1 aliphatic heterocycles. The number of aromatic hydroxyl groups is 1. The second-order valence-corrected chi connectivity index (χ2v) is 7.93. The molecule has 0 radical (unpaired) electrons. The molecule has 7 nitrogen and oxygen atoms in total. The lowest BCUT2D eigenvalue weighted by atomic mass is 9.95. The van der Waals surface area contributed by atoms with E-state index in [4.69, 9.17) is 9.47 Å². The highest BCUT2D eigenvalue weighted by molar-refractivity contribution is 9.10. The van der Waals surface area contributed by atoms with Gasteiger partial charge in [-0.05, 0) is 36.8 Å². The lowest BCUT2D eigenvalue weighted by Crippen LogP contribution is -2.31. The molecular formula is C22H22BrN3O4. The van der Waals surface area contributed by atoms with Crippen LogP contribution in [0.25, 0.3) is 11.3 Å². The van der Waals surface area contributed by atoms with Gasteiger partial charge in [-0.2, -0.15) is 5.10 Å². The first-order valence-corrected chi connectivity index (χ1v) is 10.4. The second kappa shape index (κ2) is 8.49. The summed E-state index contributed by atoms with van der Waals surface area (Å²) in [6, 6.07) is 12.3. The molecule has 30 heavy (non-hydrogen) atoms. The van der Waals surface area contributed by atoms with Gasteiger partial charge in [0.2, 0.25) is 0 Å². The van der Waals surface area contributed by atoms with E-state index in [-0.39, 0.29) is 11.7 Å². The summed E-state index contributed by atoms with van der Waals surface area (Å²) in [6.45, 7) is 1.06. The Bertz CT molecular complexity index is 1080. The van der Waals surface area contributed by atoms with Crippen LogP contribution in [-0.2, 0) is 4.74 Å². The van der Waals surface area contributed by atoms with Crippen LogP contribution in [0.4, 0.5) is 0 Å². The van der Waals surface area contributed by atoms with Crippen LogP contribution >= 0.6 is 15.9 Å². The molecule has 0 spiro atoms. The average Bonchev–Trinajstić information content (AvgIpc) is 3.28. The molecule has 0 fully saturated rings. The number of methoxy groups -OCH3 is 2. The number of fused-ring (bicyclic) bond motifs is 1. The molecule has 156 valence electrons. The van der Waals surface area contributed by atoms with Gasteiger partial charge in [-0.3, -0.25) is 9.89 Å². The maximum atomic E-state index is 13.3. The molecule has 2 heterocycles. The van der Waals surface area contributed by atoms with Crippen LogP contribution in [0.1, 0.15) is 34.1 Å². The highest BCUT2D eigenvalue weighted by atomic mass is 79.9. The molecule has 8 heteroatoms. The van der Waals surface area contributed by atoms with Crippen LogP contribution < -0.4 is 4.74 Å². The van der Waals surface area contributed by atoms with E-state index in [9.17, 15) is 9.90 Å². The van der Waals surface area contributed by atoms with Crippen LogP contribution in [0.3, 0.4) is 0 Å². The number of halogens is 1. The number of hydrogen-bond donors (Lipinski definition) is 2. The maximum Gasteiger partial charge on any atom is 0.273 e. The number of phenols is 1. The zero-order chi connectivity index (χ0) is 21.3. The number of nitrogens with zero attached hydrogens (tertiary/aromatic N) is 2. The molecule has 1 unspecified atom stereocenters. The number of aromatic nitrogens is 2. The van der Waals surface area contributed by atoms with Crippen molar-refractivity contribution in [3.63, 3.8) is 0 Å². The minimum absolute atomic E-state index is 0.108. The standard InChI is InChI=1S/C22H22BrN3O4/c1-29-11-5-10-26-21(15-12-13(23)8-9-17(15)30-2)18-19(24-25-20(18)22(26)28)14-6-3-4-7-16(14)27/h3-4,6-9,12,21,27H,5,10-11H2,1-2H3,(H,24,25). The topological polar surface area (TPSA) is 87.7 Å². The Kier molecular flexibility index (Phi) is 5.78. The summed E-state index contributed by atoms with van der Waals surface area (Å²) >= 11 is 3.53. The molecule has 1 amide bonds. The summed E-state index contributed by atoms with van der Waals surface area (Å²) in [4.78, 5) is 15.1. The third kappa shape index (κ3) is 3.46. The van der Waals surface area contributed by atoms with Gasteiger partial charge >= 0.3 is 0 Å². The number of para-hydroxylation sites is 1. The quantitative estimate of drug-likeness (QED) is 0.505. The summed E-state index contributed by atoms with van der Waals surface area (Å²) in [5, 5.41) is 17.7. The molecule has 4 rings (SSSR count). The summed E-state index contributed by atoms with van der Waals surface area (Å²) in [7, 11) is 3.25. The Hall–Kier alpha value is -2.84. The van der Waals surface area contributed by atoms with Crippen molar-refractivity contribution in [3.8, 4) is 22.8 Å². The van der Waals surface area contributed by atoms with Crippen LogP contribution in [0.15, 0.2) is 46.9 Å². The molecule has 1 atom stereocenters. The lowest BCUT2D eigenvalue weighted by molar-refractivity contribution is 0.0722. The van der Waals surface area contributed by atoms with Crippen molar-refractivity contribution in [2.24, 2.45) is 0 Å². The van der Waals surface area contributed by atoms with Gasteiger partial charge in [0.15, 0.2) is 0 Å². The maximum absolute atomic E-state index is 13.3. The summed E-state index contributed by atoms with van der Waals surface area (Å²) in [5.74, 6) is 0.643. The number of carbonyl (C=O) groups is 1. The first-order chi connectivity index (χ1) is 14.6. The van der Waals surface area contributed by atoms with Gasteiger partial charge in [-0.1, -0.05) is 28.1 Å². The van der Waals surface area contributed by atoms with Crippen molar-refractivity contribution < 1.29 is 19.4 Å². The number of amides is 1. The molecule has 2 aromatic carbocycles. The number of benzene rings is 2. The van der Waals surface area contributed by atoms with E-state index in [0.29, 0.717) is 42.3 Å². The molecule has 2 N–H and O–H groups in total. The fourth-order valence-electron chi connectivity index (χ4n) is 3.93. The van der Waals surface area contributed by atoms with Crippen molar-refractivity contribution in [2.75, 3.05) is 27.4 Å². The Morgan fingerprint density at radius 1 is 1.23 bits per heavy atom. The second-order valence-electron chi connectivity index (χ2n) is 7.01. The molecule has 1 aromatic heterocycles. The van der Waals surface area contributed by atoms with Crippen molar-refractivity contribution in [1.82, 2.24) is 15.1 Å². The van der Waals surface area contributed by atoms with Gasteiger partial charge in [0.1, 0.15) is 22.9 Å². The smallest absolute Gasteiger partial charge is 0.273 e. The number of nitrogens with one attached hydrogen (secondary N) is 1. The van der Waals surface area contributed by atoms with Gasteiger partial charge in [-0.15, -0.1) is 0 Å². The average molecular weight is 472 g/mol. The Labute approximate surface area is 182 Å². The van der Waals surface area contributed by atoms with Crippen LogP contribution in [-0.4, -0.2) is 53.5 Å². The van der Waals surface area contributed by atoms with Crippen LogP contribution in [0.5, 0.6) is 11.5 Å². The number of ether oxygens (including phenoxy) is 2. The van der Waals surface area contributed by atoms with Gasteiger partial charge < -0.3 is 19.5 Å². The summed E-state index contributed by atoms with van der Waals surface area (Å²) in [6.07, 6.45) is 0.693. The van der Waals surface area contributed by atoms with Crippen LogP contribution in [0, 0.1) is 0 Å². The normalized spacial score (nSPS) is 15.5. The number of aromatic amines is 1. The van der Waals surface area contributed by atoms with Crippen LogP contribution in [0.2, 0.25) is 0 Å². The van der Waals surface area contributed by atoms with Gasteiger partial charge in [0.05, 0.1) is 13.2 Å². The van der Waals surface area contributed by atoms with Crippen molar-refractivity contribution >= 4 is 21.8 Å². The fraction of sp³-hybridized carbons (Fsp3) is 0.273. The van der Waals surface area contributed by atoms with E-state index in [1.807, 2.05) is 24.3 Å². The lowest BCUT2D eigenvalue weighted by Gasteiger charge is -2.27.